The lowest BCUT2D eigenvalue weighted by molar-refractivity contribution is -0.141. The highest BCUT2D eigenvalue weighted by molar-refractivity contribution is 5.81. The predicted molar refractivity (Wildman–Crippen MR) is 66.8 cm³/mol. The van der Waals surface area contributed by atoms with Crippen molar-refractivity contribution < 1.29 is 14.7 Å². The quantitative estimate of drug-likeness (QED) is 0.595. The molecule has 5 heteroatoms. The van der Waals surface area contributed by atoms with E-state index in [2.05, 4.69) is 10.6 Å². The van der Waals surface area contributed by atoms with E-state index in [1.54, 1.807) is 20.9 Å². The third kappa shape index (κ3) is 6.94. The number of hydrogen-bond acceptors (Lipinski definition) is 3. The highest BCUT2D eigenvalue weighted by atomic mass is 16.4. The topological polar surface area (TPSA) is 78.4 Å². The van der Waals surface area contributed by atoms with Gasteiger partial charge in [-0.2, -0.15) is 0 Å². The second kappa shape index (κ2) is 8.06. The van der Waals surface area contributed by atoms with Gasteiger partial charge < -0.3 is 15.7 Å². The molecule has 0 aromatic rings. The zero-order valence-corrected chi connectivity index (χ0v) is 11.1. The summed E-state index contributed by atoms with van der Waals surface area (Å²) in [5.41, 5.74) is 0. The van der Waals surface area contributed by atoms with Crippen molar-refractivity contribution in [2.45, 2.75) is 52.1 Å². The molecule has 0 saturated carbocycles. The smallest absolute Gasteiger partial charge is 0.306 e. The number of likely N-dealkylation sites (N-methyl/N-ethyl adjacent to an activating group) is 1. The largest absolute Gasteiger partial charge is 0.481 e. The van der Waals surface area contributed by atoms with Gasteiger partial charge in [-0.15, -0.1) is 0 Å². The number of aliphatic carboxylic acids is 1. The second-order valence-electron chi connectivity index (χ2n) is 4.59. The van der Waals surface area contributed by atoms with Crippen LogP contribution in [-0.2, 0) is 9.59 Å². The minimum Gasteiger partial charge on any atom is -0.481 e. The summed E-state index contributed by atoms with van der Waals surface area (Å²) in [4.78, 5) is 22.1. The van der Waals surface area contributed by atoms with Crippen LogP contribution in [0.15, 0.2) is 0 Å². The number of carbonyl (C=O) groups is 2. The van der Waals surface area contributed by atoms with Gasteiger partial charge in [-0.1, -0.05) is 13.3 Å². The lowest BCUT2D eigenvalue weighted by atomic mass is 10.0. The van der Waals surface area contributed by atoms with Crippen LogP contribution in [0.1, 0.15) is 40.0 Å². The summed E-state index contributed by atoms with van der Waals surface area (Å²) in [5, 5.41) is 14.5. The van der Waals surface area contributed by atoms with E-state index in [0.717, 1.165) is 12.8 Å². The highest BCUT2D eigenvalue weighted by Crippen LogP contribution is 2.09. The third-order valence-electron chi connectivity index (χ3n) is 2.91. The standard InChI is InChI=1S/C12H24N2O3/c1-8(12(16)17)6-5-7-9(2)14-11(15)10(3)13-4/h8-10,13H,5-7H2,1-4H3,(H,14,15)(H,16,17). The Morgan fingerprint density at radius 3 is 2.24 bits per heavy atom. The van der Waals surface area contributed by atoms with Gasteiger partial charge in [0.05, 0.1) is 12.0 Å². The molecular formula is C12H24N2O3. The van der Waals surface area contributed by atoms with Crippen LogP contribution < -0.4 is 10.6 Å². The lowest BCUT2D eigenvalue weighted by Crippen LogP contribution is -2.44. The van der Waals surface area contributed by atoms with Crippen LogP contribution in [0.4, 0.5) is 0 Å². The molecule has 0 saturated heterocycles. The van der Waals surface area contributed by atoms with Crippen LogP contribution in [0.2, 0.25) is 0 Å². The lowest BCUT2D eigenvalue weighted by Gasteiger charge is -2.17. The minimum atomic E-state index is -0.759. The molecule has 5 nitrogen and oxygen atoms in total. The van der Waals surface area contributed by atoms with Gasteiger partial charge in [0.15, 0.2) is 0 Å². The molecule has 0 aliphatic rings. The van der Waals surface area contributed by atoms with Gasteiger partial charge in [-0.3, -0.25) is 9.59 Å². The summed E-state index contributed by atoms with van der Waals surface area (Å²) in [6.45, 7) is 5.44. The van der Waals surface area contributed by atoms with E-state index in [1.165, 1.54) is 0 Å². The van der Waals surface area contributed by atoms with Crippen molar-refractivity contribution in [3.05, 3.63) is 0 Å². The Kier molecular flexibility index (Phi) is 7.54. The van der Waals surface area contributed by atoms with Crippen molar-refractivity contribution in [2.24, 2.45) is 5.92 Å². The van der Waals surface area contributed by atoms with E-state index >= 15 is 0 Å². The monoisotopic (exact) mass is 244 g/mol. The molecule has 0 fully saturated rings. The first-order valence-corrected chi connectivity index (χ1v) is 6.09. The van der Waals surface area contributed by atoms with Crippen molar-refractivity contribution >= 4 is 11.9 Å². The number of carboxylic acids is 1. The Balaban J connectivity index is 3.76. The molecule has 0 aromatic carbocycles. The van der Waals surface area contributed by atoms with Gasteiger partial charge in [0.1, 0.15) is 0 Å². The maximum Gasteiger partial charge on any atom is 0.306 e. The van der Waals surface area contributed by atoms with E-state index in [4.69, 9.17) is 5.11 Å². The summed E-state index contributed by atoms with van der Waals surface area (Å²) in [5.74, 6) is -1.09. The van der Waals surface area contributed by atoms with E-state index in [0.29, 0.717) is 6.42 Å². The van der Waals surface area contributed by atoms with Gasteiger partial charge in [-0.05, 0) is 33.7 Å². The molecule has 0 spiro atoms. The summed E-state index contributed by atoms with van der Waals surface area (Å²) in [6.07, 6.45) is 2.26. The zero-order chi connectivity index (χ0) is 13.4. The minimum absolute atomic E-state index is 0.0220. The Labute approximate surface area is 103 Å². The van der Waals surface area contributed by atoms with Crippen LogP contribution in [-0.4, -0.2) is 36.1 Å². The fourth-order valence-electron chi connectivity index (χ4n) is 1.42. The van der Waals surface area contributed by atoms with Crippen molar-refractivity contribution in [1.29, 1.82) is 0 Å². The Morgan fingerprint density at radius 1 is 1.18 bits per heavy atom. The predicted octanol–water partition coefficient (Wildman–Crippen LogP) is 0.990. The van der Waals surface area contributed by atoms with E-state index in [9.17, 15) is 9.59 Å². The summed E-state index contributed by atoms with van der Waals surface area (Å²) in [7, 11) is 1.74. The van der Waals surface area contributed by atoms with Crippen LogP contribution >= 0.6 is 0 Å². The van der Waals surface area contributed by atoms with Crippen LogP contribution in [0, 0.1) is 5.92 Å². The van der Waals surface area contributed by atoms with Gasteiger partial charge >= 0.3 is 5.97 Å². The zero-order valence-electron chi connectivity index (χ0n) is 11.1. The number of amides is 1. The molecule has 0 aromatic heterocycles. The average molecular weight is 244 g/mol. The van der Waals surface area contributed by atoms with Crippen LogP contribution in [0.3, 0.4) is 0 Å². The Bertz CT molecular complexity index is 256. The molecule has 0 aliphatic heterocycles. The maximum absolute atomic E-state index is 11.5. The molecule has 100 valence electrons. The first kappa shape index (κ1) is 15.9. The van der Waals surface area contributed by atoms with Crippen LogP contribution in [0.5, 0.6) is 0 Å². The van der Waals surface area contributed by atoms with Gasteiger partial charge in [0.2, 0.25) is 5.91 Å². The van der Waals surface area contributed by atoms with Gasteiger partial charge in [0.25, 0.3) is 0 Å². The molecule has 3 atom stereocenters. The highest BCUT2D eigenvalue weighted by Gasteiger charge is 2.14. The number of carbonyl (C=O) groups excluding carboxylic acids is 1. The number of hydrogen-bond donors (Lipinski definition) is 3. The van der Waals surface area contributed by atoms with Crippen LogP contribution in [0.25, 0.3) is 0 Å². The maximum atomic E-state index is 11.5. The molecule has 0 rings (SSSR count). The van der Waals surface area contributed by atoms with Crippen molar-refractivity contribution in [3.63, 3.8) is 0 Å². The number of rotatable bonds is 8. The fourth-order valence-corrected chi connectivity index (χ4v) is 1.42. The SMILES string of the molecule is CNC(C)C(=O)NC(C)CCCC(C)C(=O)O. The van der Waals surface area contributed by atoms with Crippen molar-refractivity contribution in [2.75, 3.05) is 7.05 Å². The van der Waals surface area contributed by atoms with Crippen molar-refractivity contribution in [3.8, 4) is 0 Å². The molecular weight excluding hydrogens is 220 g/mol. The molecule has 0 aliphatic carbocycles. The molecule has 0 radical (unpaired) electrons. The first-order chi connectivity index (χ1) is 7.88. The molecule has 0 bridgehead atoms. The molecule has 1 amide bonds. The first-order valence-electron chi connectivity index (χ1n) is 6.09. The molecule has 0 heterocycles. The summed E-state index contributed by atoms with van der Waals surface area (Å²) in [6, 6.07) is -0.116. The van der Waals surface area contributed by atoms with E-state index in [1.807, 2.05) is 6.92 Å². The van der Waals surface area contributed by atoms with E-state index < -0.39 is 5.97 Å². The number of nitrogens with one attached hydrogen (secondary N) is 2. The Hall–Kier alpha value is -1.10. The molecule has 3 N–H and O–H groups in total. The van der Waals surface area contributed by atoms with Gasteiger partial charge in [-0.25, -0.2) is 0 Å². The second-order valence-corrected chi connectivity index (χ2v) is 4.59. The summed E-state index contributed by atoms with van der Waals surface area (Å²) >= 11 is 0. The van der Waals surface area contributed by atoms with Crippen molar-refractivity contribution in [1.82, 2.24) is 10.6 Å². The Morgan fingerprint density at radius 2 is 1.76 bits per heavy atom. The fraction of sp³-hybridized carbons (Fsp3) is 0.833. The average Bonchev–Trinajstić information content (AvgIpc) is 2.27. The van der Waals surface area contributed by atoms with E-state index in [-0.39, 0.29) is 23.9 Å². The normalized spacial score (nSPS) is 16.0. The number of carboxylic acid groups (broad SMARTS) is 1. The summed E-state index contributed by atoms with van der Waals surface area (Å²) < 4.78 is 0. The van der Waals surface area contributed by atoms with Gasteiger partial charge in [0, 0.05) is 6.04 Å². The third-order valence-corrected chi connectivity index (χ3v) is 2.91. The molecule has 3 unspecified atom stereocenters. The molecule has 17 heavy (non-hydrogen) atoms.